The van der Waals surface area contributed by atoms with Gasteiger partial charge in [0.25, 0.3) is 0 Å². The first kappa shape index (κ1) is 24.8. The fourth-order valence-corrected chi connectivity index (χ4v) is 5.25. The summed E-state index contributed by atoms with van der Waals surface area (Å²) in [6.07, 6.45) is 3.98. The van der Waals surface area contributed by atoms with Gasteiger partial charge in [-0.15, -0.1) is 10.2 Å². The third-order valence-electron chi connectivity index (χ3n) is 6.46. The lowest BCUT2D eigenvalue weighted by Crippen LogP contribution is -2.35. The molecule has 1 atom stereocenters. The van der Waals surface area contributed by atoms with Crippen molar-refractivity contribution in [3.63, 3.8) is 0 Å². The van der Waals surface area contributed by atoms with Crippen molar-refractivity contribution < 1.29 is 13.9 Å². The first-order valence-electron chi connectivity index (χ1n) is 11.9. The Labute approximate surface area is 219 Å². The van der Waals surface area contributed by atoms with Crippen LogP contribution in [-0.2, 0) is 17.8 Å². The molecule has 188 valence electrons. The predicted octanol–water partition coefficient (Wildman–Crippen LogP) is 7.32. The van der Waals surface area contributed by atoms with Crippen LogP contribution >= 0.6 is 23.2 Å². The van der Waals surface area contributed by atoms with Gasteiger partial charge in [0, 0.05) is 10.9 Å². The molecule has 36 heavy (non-hydrogen) atoms. The lowest BCUT2D eigenvalue weighted by Gasteiger charge is -2.26. The molecule has 2 aliphatic rings. The van der Waals surface area contributed by atoms with Crippen LogP contribution in [0.4, 0.5) is 9.18 Å². The molecule has 5 rings (SSSR count). The fraction of sp³-hybridized carbons (Fsp3) is 0.370. The minimum absolute atomic E-state index is 0.110. The van der Waals surface area contributed by atoms with E-state index in [9.17, 15) is 9.18 Å². The van der Waals surface area contributed by atoms with E-state index in [-0.39, 0.29) is 17.5 Å². The minimum Gasteiger partial charge on any atom is -0.444 e. The molecule has 0 bridgehead atoms. The van der Waals surface area contributed by atoms with Gasteiger partial charge < -0.3 is 4.74 Å². The first-order chi connectivity index (χ1) is 17.1. The second-order valence-corrected chi connectivity index (χ2v) is 11.0. The van der Waals surface area contributed by atoms with Crippen molar-refractivity contribution in [3.8, 4) is 5.69 Å². The summed E-state index contributed by atoms with van der Waals surface area (Å²) in [5.41, 5.74) is 2.96. The number of aromatic nitrogens is 3. The molecule has 1 aliphatic carbocycles. The Hall–Kier alpha value is -2.90. The van der Waals surface area contributed by atoms with E-state index >= 15 is 0 Å². The van der Waals surface area contributed by atoms with Crippen LogP contribution < -0.4 is 0 Å². The lowest BCUT2D eigenvalue weighted by molar-refractivity contribution is 0.0214. The maximum absolute atomic E-state index is 14.0. The fourth-order valence-electron chi connectivity index (χ4n) is 4.81. The van der Waals surface area contributed by atoms with Crippen LogP contribution in [0.5, 0.6) is 0 Å². The molecule has 1 aromatic heterocycles. The van der Waals surface area contributed by atoms with Crippen molar-refractivity contribution in [1.82, 2.24) is 19.7 Å². The Kier molecular flexibility index (Phi) is 6.55. The zero-order chi connectivity index (χ0) is 25.6. The van der Waals surface area contributed by atoms with Gasteiger partial charge in [-0.05, 0) is 81.0 Å². The summed E-state index contributed by atoms with van der Waals surface area (Å²) in [5.74, 6) is 1.20. The highest BCUT2D eigenvalue weighted by atomic mass is 35.5. The number of fused-ring (bicyclic) bond motifs is 3. The van der Waals surface area contributed by atoms with Gasteiger partial charge in [0.05, 0.1) is 23.8 Å². The third kappa shape index (κ3) is 4.87. The Morgan fingerprint density at radius 2 is 1.94 bits per heavy atom. The molecule has 0 N–H and O–H groups in total. The van der Waals surface area contributed by atoms with Crippen molar-refractivity contribution in [2.45, 2.75) is 64.6 Å². The summed E-state index contributed by atoms with van der Waals surface area (Å²) >= 11 is 12.6. The number of hydrogen-bond acceptors (Lipinski definition) is 4. The van der Waals surface area contributed by atoms with E-state index in [1.54, 1.807) is 11.0 Å². The van der Waals surface area contributed by atoms with Gasteiger partial charge in [0.1, 0.15) is 17.2 Å². The van der Waals surface area contributed by atoms with Crippen molar-refractivity contribution in [3.05, 3.63) is 81.1 Å². The quantitative estimate of drug-likeness (QED) is 0.349. The number of nitrogens with zero attached hydrogens (tertiary/aromatic N) is 4. The van der Waals surface area contributed by atoms with Gasteiger partial charge in [-0.1, -0.05) is 41.4 Å². The van der Waals surface area contributed by atoms with E-state index in [2.05, 4.69) is 20.8 Å². The summed E-state index contributed by atoms with van der Waals surface area (Å²) in [6.45, 7) is 6.14. The monoisotopic (exact) mass is 528 g/mol. The van der Waals surface area contributed by atoms with Crippen LogP contribution in [0.2, 0.25) is 10.0 Å². The van der Waals surface area contributed by atoms with E-state index < -0.39 is 17.5 Å². The number of ether oxygens (including phenoxy) is 1. The second kappa shape index (κ2) is 9.52. The van der Waals surface area contributed by atoms with Gasteiger partial charge in [-0.2, -0.15) is 0 Å². The lowest BCUT2D eigenvalue weighted by atomic mass is 9.86. The van der Waals surface area contributed by atoms with Crippen molar-refractivity contribution >= 4 is 34.9 Å². The van der Waals surface area contributed by atoms with Crippen LogP contribution in [0, 0.1) is 5.82 Å². The number of carbonyl (C=O) groups excluding carboxylic acids is 1. The van der Waals surface area contributed by atoms with E-state index in [1.165, 1.54) is 6.07 Å². The molecule has 9 heteroatoms. The largest absolute Gasteiger partial charge is 0.444 e. The van der Waals surface area contributed by atoms with E-state index in [1.807, 2.05) is 45.0 Å². The summed E-state index contributed by atoms with van der Waals surface area (Å²) < 4.78 is 21.7. The number of allylic oxidation sites excluding steroid dienone is 2. The standard InChI is InChI=1S/C27H27Cl2FN4O2/c1-27(2,3)36-26(35)33-14-18-13-19(28)11-12-22(18)34-23(15-33)31-32-25(34)17-9-7-16(8-10-17)20-5-4-6-21(30)24(20)29/h4-7,11-13,17H,8-10,14-15H2,1-3H3. The van der Waals surface area contributed by atoms with Gasteiger partial charge >= 0.3 is 6.09 Å². The number of hydrogen-bond donors (Lipinski definition) is 0. The van der Waals surface area contributed by atoms with Gasteiger partial charge in [0.15, 0.2) is 5.82 Å². The number of halogens is 3. The highest BCUT2D eigenvalue weighted by molar-refractivity contribution is 6.32. The topological polar surface area (TPSA) is 60.2 Å². The zero-order valence-electron chi connectivity index (χ0n) is 20.4. The number of rotatable bonds is 2. The van der Waals surface area contributed by atoms with Crippen LogP contribution in [0.25, 0.3) is 11.3 Å². The number of amides is 1. The van der Waals surface area contributed by atoms with Gasteiger partial charge in [0.2, 0.25) is 0 Å². The SMILES string of the molecule is CC(C)(C)OC(=O)N1Cc2cc(Cl)ccc2-n2c(nnc2C2CC=C(c3cccc(F)c3Cl)CC2)C1. The molecule has 0 spiro atoms. The molecule has 1 amide bonds. The number of benzene rings is 2. The summed E-state index contributed by atoms with van der Waals surface area (Å²) in [5, 5.41) is 9.80. The second-order valence-electron chi connectivity index (χ2n) is 10.2. The molecule has 2 heterocycles. The van der Waals surface area contributed by atoms with Crippen LogP contribution in [-0.4, -0.2) is 31.4 Å². The first-order valence-corrected chi connectivity index (χ1v) is 12.7. The zero-order valence-corrected chi connectivity index (χ0v) is 21.9. The molecule has 6 nitrogen and oxygen atoms in total. The summed E-state index contributed by atoms with van der Waals surface area (Å²) in [6, 6.07) is 10.6. The normalized spacial score (nSPS) is 17.7. The molecule has 0 saturated carbocycles. The van der Waals surface area contributed by atoms with Crippen molar-refractivity contribution in [1.29, 1.82) is 0 Å². The number of carbonyl (C=O) groups is 1. The molecule has 3 aromatic rings. The van der Waals surface area contributed by atoms with Gasteiger partial charge in [-0.25, -0.2) is 9.18 Å². The average molecular weight is 529 g/mol. The molecule has 0 fully saturated rings. The molecule has 0 saturated heterocycles. The molecule has 2 aromatic carbocycles. The maximum atomic E-state index is 14.0. The van der Waals surface area contributed by atoms with Crippen molar-refractivity contribution in [2.24, 2.45) is 0 Å². The maximum Gasteiger partial charge on any atom is 0.411 e. The molecular formula is C27H27Cl2FN4O2. The van der Waals surface area contributed by atoms with E-state index in [4.69, 9.17) is 27.9 Å². The predicted molar refractivity (Wildman–Crippen MR) is 138 cm³/mol. The highest BCUT2D eigenvalue weighted by Crippen LogP contribution is 2.40. The Bertz CT molecular complexity index is 1360. The van der Waals surface area contributed by atoms with E-state index in [0.29, 0.717) is 17.4 Å². The minimum atomic E-state index is -0.615. The molecule has 0 radical (unpaired) electrons. The van der Waals surface area contributed by atoms with Crippen molar-refractivity contribution in [2.75, 3.05) is 0 Å². The van der Waals surface area contributed by atoms with Crippen LogP contribution in [0.3, 0.4) is 0 Å². The Morgan fingerprint density at radius 1 is 1.14 bits per heavy atom. The van der Waals surface area contributed by atoms with E-state index in [0.717, 1.165) is 47.5 Å². The summed E-state index contributed by atoms with van der Waals surface area (Å²) in [7, 11) is 0. The summed E-state index contributed by atoms with van der Waals surface area (Å²) in [4.78, 5) is 14.6. The van der Waals surface area contributed by atoms with Crippen LogP contribution in [0.15, 0.2) is 42.5 Å². The Balaban J connectivity index is 1.49. The average Bonchev–Trinajstić information content (AvgIpc) is 3.15. The molecule has 1 aliphatic heterocycles. The third-order valence-corrected chi connectivity index (χ3v) is 7.08. The molecule has 1 unspecified atom stereocenters. The van der Waals surface area contributed by atoms with Crippen LogP contribution in [0.1, 0.15) is 68.7 Å². The molecular weight excluding hydrogens is 502 g/mol. The highest BCUT2D eigenvalue weighted by Gasteiger charge is 2.32. The Morgan fingerprint density at radius 3 is 2.67 bits per heavy atom. The van der Waals surface area contributed by atoms with Gasteiger partial charge in [-0.3, -0.25) is 9.47 Å². The smallest absolute Gasteiger partial charge is 0.411 e.